The zero-order chi connectivity index (χ0) is 29.9. The third kappa shape index (κ3) is 9.59. The zero-order valence-electron chi connectivity index (χ0n) is 24.6. The minimum atomic E-state index is -0.809. The summed E-state index contributed by atoms with van der Waals surface area (Å²) in [4.78, 5) is 24.0. The number of rotatable bonds is 11. The standard InChI is InChI=1S/C25H30ClFN2O3S.C6H14/c1-15-8-10-21(27)23(16(15)2)17(3)24(18(4)32-25(31)28-5)29(6)33(7)22-11-9-20(26)14-19(22)12-13-30;1-4-6(3)5-2/h8-11,13-14,17,24H,4,7,12H2,1-3,5-6H3,(H,28,31);6H,4-5H2,1-3H3/t17?,24-,33?;/m0./s1. The van der Waals surface area contributed by atoms with Gasteiger partial charge in [0.25, 0.3) is 0 Å². The van der Waals surface area contributed by atoms with Crippen LogP contribution in [-0.4, -0.2) is 42.7 Å². The third-order valence-electron chi connectivity index (χ3n) is 7.13. The van der Waals surface area contributed by atoms with Crippen molar-refractivity contribution in [3.05, 3.63) is 75.8 Å². The number of nitrogens with one attached hydrogen (secondary N) is 1. The van der Waals surface area contributed by atoms with Gasteiger partial charge in [0.1, 0.15) is 17.9 Å². The first-order chi connectivity index (χ1) is 18.3. The Balaban J connectivity index is 0.00000113. The largest absolute Gasteiger partial charge is 0.414 e. The van der Waals surface area contributed by atoms with E-state index in [9.17, 15) is 14.0 Å². The second-order valence-electron chi connectivity index (χ2n) is 9.70. The topological polar surface area (TPSA) is 58.6 Å². The second kappa shape index (κ2) is 16.6. The lowest BCUT2D eigenvalue weighted by atomic mass is 9.87. The van der Waals surface area contributed by atoms with Crippen molar-refractivity contribution in [2.24, 2.45) is 5.92 Å². The van der Waals surface area contributed by atoms with Gasteiger partial charge < -0.3 is 14.8 Å². The molecule has 1 amide bonds. The first-order valence-electron chi connectivity index (χ1n) is 13.2. The van der Waals surface area contributed by atoms with Crippen molar-refractivity contribution in [2.75, 3.05) is 14.1 Å². The summed E-state index contributed by atoms with van der Waals surface area (Å²) in [5, 5.41) is 2.93. The predicted octanol–water partition coefficient (Wildman–Crippen LogP) is 8.23. The molecule has 0 saturated carbocycles. The summed E-state index contributed by atoms with van der Waals surface area (Å²) < 4.78 is 22.3. The predicted molar refractivity (Wildman–Crippen MR) is 164 cm³/mol. The molecule has 0 saturated heterocycles. The van der Waals surface area contributed by atoms with Crippen LogP contribution in [0.3, 0.4) is 0 Å². The van der Waals surface area contributed by atoms with Crippen LogP contribution in [0.4, 0.5) is 9.18 Å². The summed E-state index contributed by atoms with van der Waals surface area (Å²) in [5.41, 5.74) is 3.06. The summed E-state index contributed by atoms with van der Waals surface area (Å²) in [7, 11) is 2.46. The SMILES string of the molecule is C=C(OC(=O)NC)[C@H](C(C)c1c(F)ccc(C)c1C)N(C)S(=C)c1ccc(Cl)cc1CC=O.CCC(C)CC. The molecule has 0 fully saturated rings. The van der Waals surface area contributed by atoms with Gasteiger partial charge in [0.15, 0.2) is 0 Å². The van der Waals surface area contributed by atoms with Crippen LogP contribution in [-0.2, 0) is 16.0 Å². The van der Waals surface area contributed by atoms with Crippen LogP contribution in [0.15, 0.2) is 47.6 Å². The van der Waals surface area contributed by atoms with E-state index < -0.39 is 28.7 Å². The molecule has 3 atom stereocenters. The summed E-state index contributed by atoms with van der Waals surface area (Å²) in [6, 6.07) is 7.89. The van der Waals surface area contributed by atoms with Gasteiger partial charge in [-0.3, -0.25) is 0 Å². The smallest absolute Gasteiger partial charge is 0.412 e. The van der Waals surface area contributed by atoms with Crippen molar-refractivity contribution in [1.82, 2.24) is 9.62 Å². The monoisotopic (exact) mass is 578 g/mol. The quantitative estimate of drug-likeness (QED) is 0.166. The maximum atomic E-state index is 15.0. The van der Waals surface area contributed by atoms with E-state index in [2.05, 4.69) is 38.5 Å². The fourth-order valence-corrected chi connectivity index (χ4v) is 5.91. The van der Waals surface area contributed by atoms with Crippen LogP contribution >= 0.6 is 22.3 Å². The molecule has 8 heteroatoms. The Bertz CT molecular complexity index is 1170. The molecule has 0 bridgehead atoms. The molecule has 2 aromatic rings. The Morgan fingerprint density at radius 3 is 2.33 bits per heavy atom. The molecule has 0 heterocycles. The molecule has 0 radical (unpaired) electrons. The van der Waals surface area contributed by atoms with Crippen LogP contribution in [0, 0.1) is 25.6 Å². The Kier molecular flexibility index (Phi) is 14.7. The Morgan fingerprint density at radius 1 is 1.21 bits per heavy atom. The lowest BCUT2D eigenvalue weighted by Crippen LogP contribution is -2.37. The lowest BCUT2D eigenvalue weighted by Gasteiger charge is -2.36. The van der Waals surface area contributed by atoms with Crippen molar-refractivity contribution in [3.8, 4) is 0 Å². The summed E-state index contributed by atoms with van der Waals surface area (Å²) in [5.74, 6) is 4.66. The number of hydrogen-bond donors (Lipinski definition) is 1. The molecular weight excluding hydrogens is 535 g/mol. The van der Waals surface area contributed by atoms with Crippen LogP contribution in [0.1, 0.15) is 68.7 Å². The van der Waals surface area contributed by atoms with Gasteiger partial charge in [0, 0.05) is 29.3 Å². The van der Waals surface area contributed by atoms with E-state index in [0.29, 0.717) is 10.6 Å². The molecule has 5 nitrogen and oxygen atoms in total. The van der Waals surface area contributed by atoms with Crippen LogP contribution < -0.4 is 5.32 Å². The molecule has 216 valence electrons. The Hall–Kier alpha value is -2.48. The number of ether oxygens (including phenoxy) is 1. The number of carbonyl (C=O) groups is 2. The van der Waals surface area contributed by atoms with Gasteiger partial charge in [-0.2, -0.15) is 0 Å². The normalized spacial score (nSPS) is 13.2. The number of carbonyl (C=O) groups excluding carboxylic acids is 2. The number of benzene rings is 2. The number of amides is 1. The molecule has 0 aliphatic carbocycles. The highest BCUT2D eigenvalue weighted by Gasteiger charge is 2.33. The van der Waals surface area contributed by atoms with E-state index in [4.69, 9.17) is 16.3 Å². The molecule has 2 rings (SSSR count). The van der Waals surface area contributed by atoms with Crippen molar-refractivity contribution in [1.29, 1.82) is 0 Å². The van der Waals surface area contributed by atoms with Gasteiger partial charge >= 0.3 is 6.09 Å². The van der Waals surface area contributed by atoms with E-state index in [1.165, 1.54) is 26.0 Å². The minimum absolute atomic E-state index is 0.164. The van der Waals surface area contributed by atoms with Crippen LogP contribution in [0.5, 0.6) is 0 Å². The number of aldehydes is 1. The van der Waals surface area contributed by atoms with E-state index in [-0.39, 0.29) is 18.0 Å². The zero-order valence-corrected chi connectivity index (χ0v) is 26.1. The van der Waals surface area contributed by atoms with Gasteiger partial charge in [-0.15, -0.1) is 0 Å². The third-order valence-corrected chi connectivity index (χ3v) is 9.20. The average molecular weight is 579 g/mol. The van der Waals surface area contributed by atoms with Gasteiger partial charge in [-0.1, -0.05) is 81.3 Å². The van der Waals surface area contributed by atoms with Gasteiger partial charge in [0.2, 0.25) is 0 Å². The maximum Gasteiger partial charge on any atom is 0.412 e. The van der Waals surface area contributed by atoms with Gasteiger partial charge in [-0.25, -0.2) is 13.5 Å². The molecule has 2 aromatic carbocycles. The van der Waals surface area contributed by atoms with Crippen molar-refractivity contribution >= 4 is 40.5 Å². The molecule has 39 heavy (non-hydrogen) atoms. The van der Waals surface area contributed by atoms with Crippen molar-refractivity contribution < 1.29 is 18.7 Å². The summed E-state index contributed by atoms with van der Waals surface area (Å²) >= 11 is 6.14. The Labute approximate surface area is 241 Å². The highest BCUT2D eigenvalue weighted by Crippen LogP contribution is 2.41. The van der Waals surface area contributed by atoms with Crippen LogP contribution in [0.2, 0.25) is 5.02 Å². The van der Waals surface area contributed by atoms with E-state index in [1.807, 2.05) is 38.2 Å². The maximum absolute atomic E-state index is 15.0. The Morgan fingerprint density at radius 2 is 1.82 bits per heavy atom. The molecule has 0 aliphatic rings. The van der Waals surface area contributed by atoms with Crippen molar-refractivity contribution in [2.45, 2.75) is 77.7 Å². The first kappa shape index (κ1) is 34.5. The first-order valence-corrected chi connectivity index (χ1v) is 14.9. The van der Waals surface area contributed by atoms with E-state index in [1.54, 1.807) is 18.2 Å². The highest BCUT2D eigenvalue weighted by atomic mass is 35.5. The number of halogens is 2. The number of hydrogen-bond acceptors (Lipinski definition) is 4. The molecule has 2 unspecified atom stereocenters. The summed E-state index contributed by atoms with van der Waals surface area (Å²) in [6.07, 6.45) is 2.99. The molecular formula is C31H44ClFN2O3S. The number of alkyl carbamates (subject to hydrolysis) is 1. The minimum Gasteiger partial charge on any atom is -0.414 e. The molecule has 0 aromatic heterocycles. The van der Waals surface area contributed by atoms with E-state index in [0.717, 1.165) is 33.8 Å². The lowest BCUT2D eigenvalue weighted by molar-refractivity contribution is -0.107. The molecule has 1 N–H and O–H groups in total. The van der Waals surface area contributed by atoms with Crippen LogP contribution in [0.25, 0.3) is 0 Å². The van der Waals surface area contributed by atoms with Gasteiger partial charge in [0.05, 0.1) is 6.04 Å². The van der Waals surface area contributed by atoms with E-state index >= 15 is 0 Å². The number of aryl methyl sites for hydroxylation is 1. The number of nitrogens with zero attached hydrogens (tertiary/aromatic N) is 1. The molecule has 0 aliphatic heterocycles. The second-order valence-corrected chi connectivity index (χ2v) is 11.9. The number of likely N-dealkylation sites (N-methyl/N-ethyl adjacent to an activating group) is 1. The average Bonchev–Trinajstić information content (AvgIpc) is 2.90. The van der Waals surface area contributed by atoms with Gasteiger partial charge in [-0.05, 0) is 73.3 Å². The highest BCUT2D eigenvalue weighted by molar-refractivity contribution is 8.12. The van der Waals surface area contributed by atoms with Crippen molar-refractivity contribution in [3.63, 3.8) is 0 Å². The fourth-order valence-electron chi connectivity index (χ4n) is 4.16. The summed E-state index contributed by atoms with van der Waals surface area (Å²) in [6.45, 7) is 16.4. The fraction of sp³-hybridized carbons (Fsp3) is 0.452. The molecule has 0 spiro atoms.